The van der Waals surface area contributed by atoms with Crippen LogP contribution in [0.1, 0.15) is 36.7 Å². The first kappa shape index (κ1) is 23.7. The molecule has 3 heterocycles. The number of anilines is 2. The standard InChI is InChI=1S/C24H26F3N5O2/c1-14-10-22(31-30-14)29-21-7-6-19(27)20(28-21)12-24(23(33)34)8-9-32(15(2)11-24)13-16-17(25)4-3-5-18(16)26/h3-7,10,15H,8-9,11-13H2,1-2H3,(H,33,34)(H2,28,29,30,31)/t15-,24?/m1/s1. The van der Waals surface area contributed by atoms with E-state index in [9.17, 15) is 23.1 Å². The zero-order chi connectivity index (χ0) is 24.5. The maximum Gasteiger partial charge on any atom is 0.310 e. The van der Waals surface area contributed by atoms with Crippen LogP contribution in [0.15, 0.2) is 36.4 Å². The number of benzene rings is 1. The molecule has 0 amide bonds. The second-order valence-corrected chi connectivity index (χ2v) is 8.92. The fraction of sp³-hybridized carbons (Fsp3) is 0.375. The number of rotatable bonds is 7. The van der Waals surface area contributed by atoms with Gasteiger partial charge in [0.2, 0.25) is 0 Å². The van der Waals surface area contributed by atoms with E-state index in [1.807, 2.05) is 18.7 Å². The van der Waals surface area contributed by atoms with Crippen molar-refractivity contribution in [1.82, 2.24) is 20.1 Å². The van der Waals surface area contributed by atoms with Crippen LogP contribution in [-0.4, -0.2) is 43.7 Å². The van der Waals surface area contributed by atoms with Gasteiger partial charge in [-0.15, -0.1) is 0 Å². The Bertz CT molecular complexity index is 1180. The van der Waals surface area contributed by atoms with Crippen molar-refractivity contribution in [3.05, 3.63) is 70.8 Å². The number of halogens is 3. The van der Waals surface area contributed by atoms with Crippen LogP contribution >= 0.6 is 0 Å². The summed E-state index contributed by atoms with van der Waals surface area (Å²) in [5.74, 6) is -2.04. The normalized spacial score (nSPS) is 20.9. The summed E-state index contributed by atoms with van der Waals surface area (Å²) >= 11 is 0. The van der Waals surface area contributed by atoms with Gasteiger partial charge in [0.1, 0.15) is 23.3 Å². The van der Waals surface area contributed by atoms with E-state index in [0.717, 1.165) is 5.69 Å². The van der Waals surface area contributed by atoms with Crippen LogP contribution in [-0.2, 0) is 17.8 Å². The minimum absolute atomic E-state index is 0.0322. The molecule has 7 nitrogen and oxygen atoms in total. The summed E-state index contributed by atoms with van der Waals surface area (Å²) in [5.41, 5.74) is -0.414. The molecule has 3 N–H and O–H groups in total. The van der Waals surface area contributed by atoms with Gasteiger partial charge in [-0.3, -0.25) is 14.8 Å². The van der Waals surface area contributed by atoms with Crippen LogP contribution in [0.5, 0.6) is 0 Å². The number of aliphatic carboxylic acids is 1. The van der Waals surface area contributed by atoms with Gasteiger partial charge in [0.15, 0.2) is 5.82 Å². The zero-order valence-electron chi connectivity index (χ0n) is 18.9. The summed E-state index contributed by atoms with van der Waals surface area (Å²) in [6.45, 7) is 3.99. The lowest BCUT2D eigenvalue weighted by molar-refractivity contribution is -0.153. The van der Waals surface area contributed by atoms with E-state index in [0.29, 0.717) is 18.2 Å². The first-order chi connectivity index (χ1) is 16.2. The third-order valence-corrected chi connectivity index (χ3v) is 6.45. The van der Waals surface area contributed by atoms with Crippen molar-refractivity contribution in [2.75, 3.05) is 11.9 Å². The van der Waals surface area contributed by atoms with E-state index >= 15 is 0 Å². The highest BCUT2D eigenvalue weighted by molar-refractivity contribution is 5.75. The summed E-state index contributed by atoms with van der Waals surface area (Å²) in [4.78, 5) is 18.5. The van der Waals surface area contributed by atoms with Gasteiger partial charge in [0.25, 0.3) is 0 Å². The number of pyridine rings is 1. The lowest BCUT2D eigenvalue weighted by atomic mass is 9.72. The van der Waals surface area contributed by atoms with Crippen LogP contribution < -0.4 is 5.32 Å². The molecule has 0 radical (unpaired) electrons. The molecule has 4 rings (SSSR count). The number of nitrogens with one attached hydrogen (secondary N) is 2. The molecule has 1 aromatic carbocycles. The minimum Gasteiger partial charge on any atom is -0.481 e. The molecule has 1 saturated heterocycles. The Kier molecular flexibility index (Phi) is 6.60. The predicted molar refractivity (Wildman–Crippen MR) is 120 cm³/mol. The average Bonchev–Trinajstić information content (AvgIpc) is 3.19. The largest absolute Gasteiger partial charge is 0.481 e. The summed E-state index contributed by atoms with van der Waals surface area (Å²) in [6.07, 6.45) is 0.283. The van der Waals surface area contributed by atoms with E-state index in [-0.39, 0.29) is 43.1 Å². The number of carbonyl (C=O) groups is 1. The van der Waals surface area contributed by atoms with Crippen LogP contribution in [0.4, 0.5) is 24.8 Å². The summed E-state index contributed by atoms with van der Waals surface area (Å²) in [5, 5.41) is 19.9. The van der Waals surface area contributed by atoms with Crippen LogP contribution in [0.25, 0.3) is 0 Å². The highest BCUT2D eigenvalue weighted by Gasteiger charge is 2.45. The third kappa shape index (κ3) is 4.91. The van der Waals surface area contributed by atoms with Gasteiger partial charge in [0.05, 0.1) is 11.1 Å². The molecule has 1 aliphatic heterocycles. The van der Waals surface area contributed by atoms with E-state index in [1.165, 1.54) is 30.3 Å². The number of aromatic nitrogens is 3. The Morgan fingerprint density at radius 3 is 2.56 bits per heavy atom. The average molecular weight is 473 g/mol. The molecular weight excluding hydrogens is 447 g/mol. The predicted octanol–water partition coefficient (Wildman–Crippen LogP) is 4.57. The molecule has 34 heavy (non-hydrogen) atoms. The van der Waals surface area contributed by atoms with Crippen molar-refractivity contribution in [3.63, 3.8) is 0 Å². The van der Waals surface area contributed by atoms with Gasteiger partial charge in [-0.25, -0.2) is 18.2 Å². The molecule has 10 heteroatoms. The molecular formula is C24H26F3N5O2. The number of piperidine rings is 1. The molecule has 1 unspecified atom stereocenters. The lowest BCUT2D eigenvalue weighted by Gasteiger charge is -2.43. The first-order valence-corrected chi connectivity index (χ1v) is 11.0. The van der Waals surface area contributed by atoms with Gasteiger partial charge in [0, 0.05) is 36.3 Å². The molecule has 180 valence electrons. The maximum absolute atomic E-state index is 14.7. The van der Waals surface area contributed by atoms with Gasteiger partial charge >= 0.3 is 5.97 Å². The fourth-order valence-electron chi connectivity index (χ4n) is 4.54. The maximum atomic E-state index is 14.7. The Balaban J connectivity index is 1.52. The monoisotopic (exact) mass is 473 g/mol. The van der Waals surface area contributed by atoms with Gasteiger partial charge < -0.3 is 10.4 Å². The van der Waals surface area contributed by atoms with Crippen molar-refractivity contribution in [1.29, 1.82) is 0 Å². The number of carboxylic acids is 1. The van der Waals surface area contributed by atoms with Gasteiger partial charge in [-0.2, -0.15) is 5.10 Å². The van der Waals surface area contributed by atoms with Crippen LogP contribution in [0.2, 0.25) is 0 Å². The van der Waals surface area contributed by atoms with E-state index < -0.39 is 28.8 Å². The highest BCUT2D eigenvalue weighted by atomic mass is 19.1. The number of nitrogens with zero attached hydrogens (tertiary/aromatic N) is 3. The van der Waals surface area contributed by atoms with Crippen molar-refractivity contribution in [2.24, 2.45) is 5.41 Å². The number of aryl methyl sites for hydroxylation is 1. The first-order valence-electron chi connectivity index (χ1n) is 11.0. The second-order valence-electron chi connectivity index (χ2n) is 8.92. The number of hydrogen-bond acceptors (Lipinski definition) is 5. The third-order valence-electron chi connectivity index (χ3n) is 6.45. The van der Waals surface area contributed by atoms with Gasteiger partial charge in [-0.05, 0) is 57.5 Å². The highest BCUT2D eigenvalue weighted by Crippen LogP contribution is 2.39. The number of H-pyrrole nitrogens is 1. The SMILES string of the molecule is Cc1cc(Nc2ccc(F)c(CC3(C(=O)O)CCN(Cc4c(F)cccc4F)[C@H](C)C3)n2)n[nH]1. The summed E-state index contributed by atoms with van der Waals surface area (Å²) in [7, 11) is 0. The van der Waals surface area contributed by atoms with Crippen LogP contribution in [0.3, 0.4) is 0 Å². The molecule has 0 bridgehead atoms. The van der Waals surface area contributed by atoms with Gasteiger partial charge in [-0.1, -0.05) is 6.07 Å². The fourth-order valence-corrected chi connectivity index (χ4v) is 4.54. The molecule has 2 atom stereocenters. The smallest absolute Gasteiger partial charge is 0.310 e. The Morgan fingerprint density at radius 2 is 1.94 bits per heavy atom. The quantitative estimate of drug-likeness (QED) is 0.465. The van der Waals surface area contributed by atoms with Crippen molar-refractivity contribution in [2.45, 2.75) is 45.7 Å². The van der Waals surface area contributed by atoms with Crippen molar-refractivity contribution < 1.29 is 23.1 Å². The zero-order valence-corrected chi connectivity index (χ0v) is 18.9. The summed E-state index contributed by atoms with van der Waals surface area (Å²) in [6, 6.07) is 7.90. The van der Waals surface area contributed by atoms with Crippen LogP contribution in [0, 0.1) is 29.8 Å². The Hall–Kier alpha value is -3.40. The van der Waals surface area contributed by atoms with Crippen molar-refractivity contribution in [3.8, 4) is 0 Å². The Labute approximate surface area is 195 Å². The molecule has 0 saturated carbocycles. The molecule has 1 aliphatic rings. The summed E-state index contributed by atoms with van der Waals surface area (Å²) < 4.78 is 42.9. The molecule has 0 spiro atoms. The second kappa shape index (κ2) is 9.46. The topological polar surface area (TPSA) is 94.1 Å². The Morgan fingerprint density at radius 1 is 1.21 bits per heavy atom. The molecule has 1 fully saturated rings. The van der Waals surface area contributed by atoms with E-state index in [4.69, 9.17) is 0 Å². The number of hydrogen-bond donors (Lipinski definition) is 3. The minimum atomic E-state index is -1.25. The number of likely N-dealkylation sites (tertiary alicyclic amines) is 1. The number of aromatic amines is 1. The van der Waals surface area contributed by atoms with E-state index in [1.54, 1.807) is 6.07 Å². The molecule has 0 aliphatic carbocycles. The number of carboxylic acid groups (broad SMARTS) is 1. The molecule has 3 aromatic rings. The lowest BCUT2D eigenvalue weighted by Crippen LogP contribution is -2.50. The van der Waals surface area contributed by atoms with Crippen molar-refractivity contribution >= 4 is 17.6 Å². The van der Waals surface area contributed by atoms with E-state index in [2.05, 4.69) is 20.5 Å². The molecule has 2 aromatic heterocycles.